The van der Waals surface area contributed by atoms with E-state index in [2.05, 4.69) is 15.5 Å². The van der Waals surface area contributed by atoms with Gasteiger partial charge in [-0.25, -0.2) is 0 Å². The molecule has 0 saturated heterocycles. The number of halogens is 1. The van der Waals surface area contributed by atoms with Crippen molar-refractivity contribution in [3.63, 3.8) is 0 Å². The zero-order valence-electron chi connectivity index (χ0n) is 12.8. The van der Waals surface area contributed by atoms with E-state index in [0.717, 1.165) is 5.69 Å². The van der Waals surface area contributed by atoms with Gasteiger partial charge in [0.2, 0.25) is 5.91 Å². The summed E-state index contributed by atoms with van der Waals surface area (Å²) in [6, 6.07) is 0. The minimum Gasteiger partial charge on any atom is -0.354 e. The number of carbonyl (C=O) groups excluding carboxylic acids is 1. The lowest BCUT2D eigenvalue weighted by Crippen LogP contribution is -2.29. The highest BCUT2D eigenvalue weighted by Gasteiger charge is 2.16. The van der Waals surface area contributed by atoms with E-state index in [4.69, 9.17) is 11.6 Å². The van der Waals surface area contributed by atoms with E-state index < -0.39 is 4.92 Å². The summed E-state index contributed by atoms with van der Waals surface area (Å²) in [6.07, 6.45) is 3.69. The van der Waals surface area contributed by atoms with Crippen molar-refractivity contribution in [1.82, 2.24) is 24.9 Å². The van der Waals surface area contributed by atoms with E-state index in [0.29, 0.717) is 24.5 Å². The Balaban J connectivity index is 1.75. The molecule has 0 saturated carbocycles. The van der Waals surface area contributed by atoms with Crippen molar-refractivity contribution in [3.8, 4) is 0 Å². The van der Waals surface area contributed by atoms with Crippen LogP contribution in [0.15, 0.2) is 12.4 Å². The fourth-order valence-corrected chi connectivity index (χ4v) is 2.20. The van der Waals surface area contributed by atoms with Crippen LogP contribution in [0.2, 0.25) is 5.02 Å². The largest absolute Gasteiger partial charge is 0.354 e. The molecule has 1 amide bonds. The molecular formula is C13H17ClN6O3. The Hall–Kier alpha value is -2.42. The smallest absolute Gasteiger partial charge is 0.309 e. The Morgan fingerprint density at radius 3 is 2.57 bits per heavy atom. The SMILES string of the molecule is Cc1nn(CCCNC(=O)Cn2cc([N+](=O)[O-])c(C)n2)cc1Cl. The van der Waals surface area contributed by atoms with Crippen LogP contribution in [0.3, 0.4) is 0 Å². The van der Waals surface area contributed by atoms with Crippen molar-refractivity contribution in [2.75, 3.05) is 6.54 Å². The van der Waals surface area contributed by atoms with E-state index in [1.165, 1.54) is 17.8 Å². The van der Waals surface area contributed by atoms with Gasteiger partial charge in [-0.15, -0.1) is 0 Å². The molecule has 10 heteroatoms. The van der Waals surface area contributed by atoms with Gasteiger partial charge in [-0.1, -0.05) is 11.6 Å². The van der Waals surface area contributed by atoms with Crippen LogP contribution in [-0.4, -0.2) is 36.9 Å². The highest BCUT2D eigenvalue weighted by atomic mass is 35.5. The summed E-state index contributed by atoms with van der Waals surface area (Å²) in [4.78, 5) is 22.0. The lowest BCUT2D eigenvalue weighted by molar-refractivity contribution is -0.385. The Morgan fingerprint density at radius 1 is 1.30 bits per heavy atom. The third-order valence-electron chi connectivity index (χ3n) is 3.20. The van der Waals surface area contributed by atoms with Crippen molar-refractivity contribution in [3.05, 3.63) is 38.9 Å². The predicted octanol–water partition coefficient (Wildman–Crippen LogP) is 1.46. The molecule has 0 atom stereocenters. The van der Waals surface area contributed by atoms with Crippen LogP contribution < -0.4 is 5.32 Å². The molecular weight excluding hydrogens is 324 g/mol. The van der Waals surface area contributed by atoms with Gasteiger partial charge in [-0.3, -0.25) is 24.3 Å². The third-order valence-corrected chi connectivity index (χ3v) is 3.57. The number of nitro groups is 1. The second-order valence-corrected chi connectivity index (χ2v) is 5.49. The van der Waals surface area contributed by atoms with Crippen LogP contribution in [0.4, 0.5) is 5.69 Å². The number of nitrogens with one attached hydrogen (secondary N) is 1. The number of hydrogen-bond donors (Lipinski definition) is 1. The summed E-state index contributed by atoms with van der Waals surface area (Å²) in [5, 5.41) is 22.2. The van der Waals surface area contributed by atoms with Crippen LogP contribution in [0.1, 0.15) is 17.8 Å². The number of nitrogens with zero attached hydrogens (tertiary/aromatic N) is 5. The maximum absolute atomic E-state index is 11.8. The Morgan fingerprint density at radius 2 is 2.00 bits per heavy atom. The minimum absolute atomic E-state index is 0.0542. The Bertz CT molecular complexity index is 704. The van der Waals surface area contributed by atoms with E-state index in [9.17, 15) is 14.9 Å². The number of rotatable bonds is 7. The molecule has 2 aromatic heterocycles. The summed E-state index contributed by atoms with van der Waals surface area (Å²) in [5.74, 6) is -0.253. The highest BCUT2D eigenvalue weighted by Crippen LogP contribution is 2.14. The first-order chi connectivity index (χ1) is 10.9. The van der Waals surface area contributed by atoms with Crippen molar-refractivity contribution < 1.29 is 9.72 Å². The highest BCUT2D eigenvalue weighted by molar-refractivity contribution is 6.31. The normalized spacial score (nSPS) is 10.7. The van der Waals surface area contributed by atoms with E-state index >= 15 is 0 Å². The fraction of sp³-hybridized carbons (Fsp3) is 0.462. The second kappa shape index (κ2) is 7.23. The van der Waals surface area contributed by atoms with E-state index in [-0.39, 0.29) is 23.8 Å². The van der Waals surface area contributed by atoms with Crippen LogP contribution in [0.5, 0.6) is 0 Å². The summed E-state index contributed by atoms with van der Waals surface area (Å²) in [7, 11) is 0. The number of aryl methyl sites for hydroxylation is 3. The van der Waals surface area contributed by atoms with Crippen molar-refractivity contribution >= 4 is 23.2 Å². The van der Waals surface area contributed by atoms with Crippen molar-refractivity contribution in [2.24, 2.45) is 0 Å². The lowest BCUT2D eigenvalue weighted by Gasteiger charge is -2.05. The predicted molar refractivity (Wildman–Crippen MR) is 83.2 cm³/mol. The van der Waals surface area contributed by atoms with E-state index in [1.54, 1.807) is 10.9 Å². The van der Waals surface area contributed by atoms with Gasteiger partial charge in [0.15, 0.2) is 0 Å². The standard InChI is InChI=1S/C13H17ClN6O3/c1-9-11(14)6-18(16-9)5-3-4-15-13(21)8-19-7-12(20(22)23)10(2)17-19/h6-7H,3-5,8H2,1-2H3,(H,15,21). The summed E-state index contributed by atoms with van der Waals surface area (Å²) >= 11 is 5.91. The number of amides is 1. The number of carbonyl (C=O) groups is 1. The lowest BCUT2D eigenvalue weighted by atomic mass is 10.4. The second-order valence-electron chi connectivity index (χ2n) is 5.08. The molecule has 124 valence electrons. The monoisotopic (exact) mass is 340 g/mol. The van der Waals surface area contributed by atoms with Crippen LogP contribution in [0.25, 0.3) is 0 Å². The molecule has 0 fully saturated rings. The first kappa shape index (κ1) is 16.9. The average molecular weight is 341 g/mol. The van der Waals surface area contributed by atoms with Crippen molar-refractivity contribution in [2.45, 2.75) is 33.4 Å². The number of aromatic nitrogens is 4. The van der Waals surface area contributed by atoms with Crippen molar-refractivity contribution in [1.29, 1.82) is 0 Å². The summed E-state index contributed by atoms with van der Waals surface area (Å²) in [6.45, 7) is 4.41. The van der Waals surface area contributed by atoms with Gasteiger partial charge in [0.1, 0.15) is 18.4 Å². The molecule has 0 aliphatic rings. The van der Waals surface area contributed by atoms with Gasteiger partial charge in [0.05, 0.1) is 15.6 Å². The van der Waals surface area contributed by atoms with Gasteiger partial charge in [0, 0.05) is 19.3 Å². The molecule has 9 nitrogen and oxygen atoms in total. The summed E-state index contributed by atoms with van der Waals surface area (Å²) in [5.41, 5.74) is 0.962. The van der Waals surface area contributed by atoms with E-state index in [1.807, 2.05) is 6.92 Å². The van der Waals surface area contributed by atoms with Crippen LogP contribution in [0, 0.1) is 24.0 Å². The molecule has 0 aliphatic carbocycles. The molecule has 0 spiro atoms. The average Bonchev–Trinajstić information content (AvgIpc) is 2.98. The maximum Gasteiger partial charge on any atom is 0.309 e. The molecule has 0 unspecified atom stereocenters. The topological polar surface area (TPSA) is 108 Å². The zero-order valence-corrected chi connectivity index (χ0v) is 13.6. The molecule has 0 radical (unpaired) electrons. The molecule has 1 N–H and O–H groups in total. The van der Waals surface area contributed by atoms with Gasteiger partial charge < -0.3 is 5.32 Å². The van der Waals surface area contributed by atoms with Gasteiger partial charge in [0.25, 0.3) is 0 Å². The molecule has 0 bridgehead atoms. The number of hydrogen-bond acceptors (Lipinski definition) is 5. The van der Waals surface area contributed by atoms with Crippen LogP contribution >= 0.6 is 11.6 Å². The van der Waals surface area contributed by atoms with Gasteiger partial charge in [-0.05, 0) is 20.3 Å². The molecule has 0 aliphatic heterocycles. The third kappa shape index (κ3) is 4.52. The minimum atomic E-state index is -0.520. The fourth-order valence-electron chi connectivity index (χ4n) is 2.05. The van der Waals surface area contributed by atoms with Gasteiger partial charge in [-0.2, -0.15) is 10.2 Å². The first-order valence-electron chi connectivity index (χ1n) is 7.01. The Kier molecular flexibility index (Phi) is 5.32. The quantitative estimate of drug-likeness (QED) is 0.466. The first-order valence-corrected chi connectivity index (χ1v) is 7.39. The molecule has 2 heterocycles. The molecule has 2 rings (SSSR count). The molecule has 0 aromatic carbocycles. The van der Waals surface area contributed by atoms with Crippen LogP contribution in [-0.2, 0) is 17.9 Å². The molecule has 2 aromatic rings. The molecule has 23 heavy (non-hydrogen) atoms. The zero-order chi connectivity index (χ0) is 17.0. The maximum atomic E-state index is 11.8. The van der Waals surface area contributed by atoms with Gasteiger partial charge >= 0.3 is 5.69 Å². The Labute approximate surface area is 137 Å². The summed E-state index contributed by atoms with van der Waals surface area (Å²) < 4.78 is 2.99.